The minimum Gasteiger partial charge on any atom is -0.310 e. The highest BCUT2D eigenvalue weighted by molar-refractivity contribution is 5.97. The summed E-state index contributed by atoms with van der Waals surface area (Å²) in [6.45, 7) is 16.8. The number of para-hydroxylation sites is 1. The van der Waals surface area contributed by atoms with E-state index in [1.807, 2.05) is 0 Å². The van der Waals surface area contributed by atoms with E-state index in [9.17, 15) is 0 Å². The van der Waals surface area contributed by atoms with E-state index >= 15 is 0 Å². The summed E-state index contributed by atoms with van der Waals surface area (Å²) in [6, 6.07) is 45.7. The monoisotopic (exact) mass is 611 g/mol. The first-order valence-electron chi connectivity index (χ1n) is 17.2. The van der Waals surface area contributed by atoms with Crippen molar-refractivity contribution in [2.24, 2.45) is 0 Å². The number of hydrogen-bond donors (Lipinski definition) is 0. The maximum atomic E-state index is 2.56. The van der Waals surface area contributed by atoms with Gasteiger partial charge in [-0.3, -0.25) is 0 Å². The molecule has 0 fully saturated rings. The van der Waals surface area contributed by atoms with Crippen LogP contribution in [0.1, 0.15) is 82.2 Å². The van der Waals surface area contributed by atoms with Crippen molar-refractivity contribution in [3.8, 4) is 22.3 Å². The minimum absolute atomic E-state index is 0.109. The molecule has 0 amide bonds. The molecule has 0 heterocycles. The van der Waals surface area contributed by atoms with Crippen LogP contribution in [0.25, 0.3) is 33.0 Å². The molecule has 1 nitrogen and oxygen atoms in total. The van der Waals surface area contributed by atoms with E-state index in [0.717, 1.165) is 5.69 Å². The molecule has 2 aliphatic carbocycles. The van der Waals surface area contributed by atoms with E-state index in [-0.39, 0.29) is 16.2 Å². The number of fused-ring (bicyclic) bond motifs is 5. The first-order valence-corrected chi connectivity index (χ1v) is 17.2. The summed E-state index contributed by atoms with van der Waals surface area (Å²) in [5.74, 6) is 0. The minimum atomic E-state index is -0.109. The molecule has 6 aromatic carbocycles. The van der Waals surface area contributed by atoms with Crippen molar-refractivity contribution >= 4 is 27.8 Å². The lowest BCUT2D eigenvalue weighted by molar-refractivity contribution is 0.332. The number of benzene rings is 6. The first-order chi connectivity index (χ1) is 22.5. The van der Waals surface area contributed by atoms with Gasteiger partial charge in [-0.25, -0.2) is 0 Å². The summed E-state index contributed by atoms with van der Waals surface area (Å²) in [7, 11) is 0. The molecule has 0 saturated carbocycles. The molecule has 0 spiro atoms. The molecule has 0 aromatic heterocycles. The molecule has 6 aromatic rings. The first kappa shape index (κ1) is 29.8. The van der Waals surface area contributed by atoms with Crippen LogP contribution < -0.4 is 4.90 Å². The molecule has 8 rings (SSSR count). The quantitative estimate of drug-likeness (QED) is 0.192. The van der Waals surface area contributed by atoms with Crippen LogP contribution in [0.15, 0.2) is 121 Å². The van der Waals surface area contributed by atoms with Gasteiger partial charge in [-0.1, -0.05) is 120 Å². The van der Waals surface area contributed by atoms with Crippen molar-refractivity contribution in [2.75, 3.05) is 4.90 Å². The average molecular weight is 612 g/mol. The van der Waals surface area contributed by atoms with Crippen molar-refractivity contribution in [2.45, 2.75) is 77.6 Å². The Hall–Kier alpha value is -4.62. The standard InChI is InChI=1S/C46H45N/c1-30-25-41-42(45(4,5)24-23-44(41,2)3)28-36(30)38-27-37-35-19-13-14-20-39(35)46(6,7)40(37)29-43(38)47(33-17-9-8-10-18-33)34-22-21-31-15-11-12-16-32(31)26-34/h8-22,25-29H,23-24H2,1-7H3. The second-order valence-corrected chi connectivity index (χ2v) is 15.8. The van der Waals surface area contributed by atoms with Crippen molar-refractivity contribution < 1.29 is 0 Å². The van der Waals surface area contributed by atoms with Crippen LogP contribution in [0.4, 0.5) is 17.1 Å². The fourth-order valence-corrected chi connectivity index (χ4v) is 8.47. The molecular weight excluding hydrogens is 567 g/mol. The van der Waals surface area contributed by atoms with Crippen LogP contribution in [0.2, 0.25) is 0 Å². The Kier molecular flexibility index (Phi) is 6.61. The molecular formula is C46H45N. The van der Waals surface area contributed by atoms with Gasteiger partial charge in [-0.2, -0.15) is 0 Å². The van der Waals surface area contributed by atoms with Crippen LogP contribution in [0.5, 0.6) is 0 Å². The summed E-state index contributed by atoms with van der Waals surface area (Å²) >= 11 is 0. The molecule has 0 saturated heterocycles. The summed E-state index contributed by atoms with van der Waals surface area (Å²) in [5, 5.41) is 2.50. The van der Waals surface area contributed by atoms with E-state index in [2.05, 4.69) is 175 Å². The summed E-state index contributed by atoms with van der Waals surface area (Å²) in [5.41, 5.74) is 16.2. The highest BCUT2D eigenvalue weighted by atomic mass is 15.1. The lowest BCUT2D eigenvalue weighted by Crippen LogP contribution is -2.34. The highest BCUT2D eigenvalue weighted by Crippen LogP contribution is 2.55. The third-order valence-corrected chi connectivity index (χ3v) is 11.4. The van der Waals surface area contributed by atoms with E-state index in [4.69, 9.17) is 0 Å². The Bertz CT molecular complexity index is 2180. The zero-order valence-corrected chi connectivity index (χ0v) is 28.9. The third-order valence-electron chi connectivity index (χ3n) is 11.4. The van der Waals surface area contributed by atoms with Crippen molar-refractivity contribution in [1.82, 2.24) is 0 Å². The zero-order valence-electron chi connectivity index (χ0n) is 28.9. The topological polar surface area (TPSA) is 3.24 Å². The smallest absolute Gasteiger partial charge is 0.0543 e. The lowest BCUT2D eigenvalue weighted by Gasteiger charge is -2.42. The Morgan fingerprint density at radius 2 is 1.09 bits per heavy atom. The molecule has 0 radical (unpaired) electrons. The number of rotatable bonds is 4. The van der Waals surface area contributed by atoms with Crippen molar-refractivity contribution in [3.63, 3.8) is 0 Å². The number of anilines is 3. The summed E-state index contributed by atoms with van der Waals surface area (Å²) in [4.78, 5) is 2.50. The van der Waals surface area contributed by atoms with Crippen LogP contribution in [0, 0.1) is 6.92 Å². The van der Waals surface area contributed by atoms with Gasteiger partial charge in [0.1, 0.15) is 0 Å². The van der Waals surface area contributed by atoms with Gasteiger partial charge in [0, 0.05) is 22.4 Å². The summed E-state index contributed by atoms with van der Waals surface area (Å²) in [6.07, 6.45) is 2.41. The number of hydrogen-bond acceptors (Lipinski definition) is 1. The van der Waals surface area contributed by atoms with Gasteiger partial charge in [0.25, 0.3) is 0 Å². The predicted molar refractivity (Wildman–Crippen MR) is 202 cm³/mol. The predicted octanol–water partition coefficient (Wildman–Crippen LogP) is 12.9. The van der Waals surface area contributed by atoms with E-state index in [0.29, 0.717) is 0 Å². The average Bonchev–Trinajstić information content (AvgIpc) is 3.29. The van der Waals surface area contributed by atoms with Gasteiger partial charge < -0.3 is 4.90 Å². The van der Waals surface area contributed by atoms with Gasteiger partial charge in [0.2, 0.25) is 0 Å². The molecule has 0 N–H and O–H groups in total. The molecule has 0 atom stereocenters. The molecule has 2 aliphatic rings. The molecule has 1 heteroatoms. The van der Waals surface area contributed by atoms with Crippen molar-refractivity contribution in [3.05, 3.63) is 149 Å². The van der Waals surface area contributed by atoms with Gasteiger partial charge in [-0.05, 0) is 128 Å². The normalized spacial score (nSPS) is 16.7. The Balaban J connectivity index is 1.47. The van der Waals surface area contributed by atoms with Crippen molar-refractivity contribution in [1.29, 1.82) is 0 Å². The Morgan fingerprint density at radius 3 is 1.83 bits per heavy atom. The molecule has 234 valence electrons. The van der Waals surface area contributed by atoms with Crippen LogP contribution in [-0.2, 0) is 16.2 Å². The second kappa shape index (κ2) is 10.4. The van der Waals surface area contributed by atoms with Gasteiger partial charge in [0.05, 0.1) is 5.69 Å². The SMILES string of the molecule is Cc1cc2c(cc1-c1cc3c(cc1N(c1ccccc1)c1ccc4ccccc4c1)C(C)(C)c1ccccc1-3)C(C)(C)CCC2(C)C. The number of nitrogens with zero attached hydrogens (tertiary/aromatic N) is 1. The fraction of sp³-hybridized carbons (Fsp3) is 0.261. The second-order valence-electron chi connectivity index (χ2n) is 15.8. The summed E-state index contributed by atoms with van der Waals surface area (Å²) < 4.78 is 0. The molecule has 0 aliphatic heterocycles. The van der Waals surface area contributed by atoms with Gasteiger partial charge in [-0.15, -0.1) is 0 Å². The van der Waals surface area contributed by atoms with Gasteiger partial charge >= 0.3 is 0 Å². The Morgan fingerprint density at radius 1 is 0.447 bits per heavy atom. The van der Waals surface area contributed by atoms with Crippen LogP contribution in [0.3, 0.4) is 0 Å². The maximum Gasteiger partial charge on any atom is 0.0543 e. The van der Waals surface area contributed by atoms with E-state index < -0.39 is 0 Å². The maximum absolute atomic E-state index is 2.56. The number of aryl methyl sites for hydroxylation is 1. The lowest BCUT2D eigenvalue weighted by atomic mass is 9.62. The molecule has 0 unspecified atom stereocenters. The van der Waals surface area contributed by atoms with Crippen LogP contribution >= 0.6 is 0 Å². The largest absolute Gasteiger partial charge is 0.310 e. The van der Waals surface area contributed by atoms with E-state index in [1.165, 1.54) is 85.1 Å². The molecule has 0 bridgehead atoms. The highest BCUT2D eigenvalue weighted by Gasteiger charge is 2.39. The van der Waals surface area contributed by atoms with E-state index in [1.54, 1.807) is 0 Å². The Labute approximate surface area is 280 Å². The van der Waals surface area contributed by atoms with Gasteiger partial charge in [0.15, 0.2) is 0 Å². The fourth-order valence-electron chi connectivity index (χ4n) is 8.47. The third kappa shape index (κ3) is 4.66. The zero-order chi connectivity index (χ0) is 32.7. The van der Waals surface area contributed by atoms with Crippen LogP contribution in [-0.4, -0.2) is 0 Å². The molecule has 47 heavy (non-hydrogen) atoms.